The van der Waals surface area contributed by atoms with Gasteiger partial charge in [0, 0.05) is 13.0 Å². The number of amides is 1. The monoisotopic (exact) mass is 255 g/mol. The van der Waals surface area contributed by atoms with E-state index in [1.165, 1.54) is 0 Å². The Labute approximate surface area is 109 Å². The molecule has 1 amide bonds. The van der Waals surface area contributed by atoms with E-state index in [2.05, 4.69) is 26.1 Å². The number of carboxylic acid groups (broad SMARTS) is 1. The van der Waals surface area contributed by atoms with Gasteiger partial charge in [-0.05, 0) is 30.1 Å². The molecule has 0 aromatic heterocycles. The molecule has 1 rings (SSSR count). The average Bonchev–Trinajstić information content (AvgIpc) is 2.17. The quantitative estimate of drug-likeness (QED) is 0.766. The largest absolute Gasteiger partial charge is 0.481 e. The van der Waals surface area contributed by atoms with Crippen LogP contribution in [-0.4, -0.2) is 23.5 Å². The van der Waals surface area contributed by atoms with Crippen LogP contribution in [0.3, 0.4) is 0 Å². The highest BCUT2D eigenvalue weighted by Gasteiger charge is 2.39. The molecule has 1 fully saturated rings. The molecule has 0 heterocycles. The molecule has 0 aromatic rings. The first-order valence-electron chi connectivity index (χ1n) is 6.71. The number of hydrogen-bond donors (Lipinski definition) is 2. The molecule has 1 aliphatic carbocycles. The molecular formula is C14H25NO3. The van der Waals surface area contributed by atoms with Gasteiger partial charge < -0.3 is 10.4 Å². The van der Waals surface area contributed by atoms with Crippen molar-refractivity contribution in [1.82, 2.24) is 5.32 Å². The van der Waals surface area contributed by atoms with E-state index in [1.807, 2.05) is 0 Å². The third-order valence-electron chi connectivity index (χ3n) is 3.70. The van der Waals surface area contributed by atoms with Gasteiger partial charge in [0.25, 0.3) is 0 Å². The Kier molecular flexibility index (Phi) is 4.77. The van der Waals surface area contributed by atoms with E-state index in [9.17, 15) is 9.59 Å². The van der Waals surface area contributed by atoms with E-state index in [0.29, 0.717) is 13.0 Å². The molecule has 0 aliphatic heterocycles. The summed E-state index contributed by atoms with van der Waals surface area (Å²) in [7, 11) is 0. The first-order valence-corrected chi connectivity index (χ1v) is 6.71. The van der Waals surface area contributed by atoms with Crippen LogP contribution in [0.4, 0.5) is 0 Å². The molecule has 0 aromatic carbocycles. The van der Waals surface area contributed by atoms with Crippen molar-refractivity contribution in [1.29, 1.82) is 0 Å². The first kappa shape index (κ1) is 15.0. The second-order valence-electron chi connectivity index (χ2n) is 6.76. The van der Waals surface area contributed by atoms with E-state index in [4.69, 9.17) is 5.11 Å². The molecule has 18 heavy (non-hydrogen) atoms. The van der Waals surface area contributed by atoms with Crippen LogP contribution < -0.4 is 5.32 Å². The number of hydrogen-bond acceptors (Lipinski definition) is 2. The molecule has 0 atom stereocenters. The van der Waals surface area contributed by atoms with E-state index >= 15 is 0 Å². The third kappa shape index (κ3) is 5.07. The average molecular weight is 255 g/mol. The molecule has 1 saturated carbocycles. The zero-order chi connectivity index (χ0) is 13.8. The van der Waals surface area contributed by atoms with Crippen molar-refractivity contribution in [3.8, 4) is 0 Å². The Morgan fingerprint density at radius 2 is 1.89 bits per heavy atom. The summed E-state index contributed by atoms with van der Waals surface area (Å²) in [6.45, 7) is 6.84. The van der Waals surface area contributed by atoms with Crippen LogP contribution in [0.1, 0.15) is 59.3 Å². The number of nitrogens with one attached hydrogen (secondary N) is 1. The van der Waals surface area contributed by atoms with Crippen LogP contribution in [-0.2, 0) is 9.59 Å². The molecule has 0 radical (unpaired) electrons. The van der Waals surface area contributed by atoms with E-state index in [0.717, 1.165) is 25.7 Å². The minimum atomic E-state index is -0.765. The van der Waals surface area contributed by atoms with Gasteiger partial charge in [0.1, 0.15) is 0 Å². The van der Waals surface area contributed by atoms with Crippen LogP contribution in [0.5, 0.6) is 0 Å². The van der Waals surface area contributed by atoms with Gasteiger partial charge in [0.2, 0.25) is 5.91 Å². The normalized spacial score (nSPS) is 17.9. The summed E-state index contributed by atoms with van der Waals surface area (Å²) in [5.41, 5.74) is -0.0181. The fourth-order valence-corrected chi connectivity index (χ4v) is 2.28. The Hall–Kier alpha value is -1.06. The van der Waals surface area contributed by atoms with Crippen LogP contribution in [0.2, 0.25) is 0 Å². The highest BCUT2D eigenvalue weighted by atomic mass is 16.4. The van der Waals surface area contributed by atoms with Crippen molar-refractivity contribution in [2.45, 2.75) is 59.3 Å². The molecule has 104 valence electrons. The Bertz CT molecular complexity index is 313. The number of carbonyl (C=O) groups is 2. The fourth-order valence-electron chi connectivity index (χ4n) is 2.28. The number of carboxylic acids is 1. The maximum Gasteiger partial charge on any atom is 0.303 e. The predicted molar refractivity (Wildman–Crippen MR) is 70.2 cm³/mol. The summed E-state index contributed by atoms with van der Waals surface area (Å²) in [5, 5.41) is 11.8. The van der Waals surface area contributed by atoms with Crippen LogP contribution >= 0.6 is 0 Å². The molecule has 2 N–H and O–H groups in total. The first-order chi connectivity index (χ1) is 8.22. The smallest absolute Gasteiger partial charge is 0.303 e. The summed E-state index contributed by atoms with van der Waals surface area (Å²) >= 11 is 0. The number of rotatable bonds is 6. The number of carbonyl (C=O) groups excluding carboxylic acids is 1. The van der Waals surface area contributed by atoms with Gasteiger partial charge in [-0.3, -0.25) is 9.59 Å². The van der Waals surface area contributed by atoms with Gasteiger partial charge in [0.05, 0.1) is 6.42 Å². The zero-order valence-electron chi connectivity index (χ0n) is 11.7. The lowest BCUT2D eigenvalue weighted by Crippen LogP contribution is -2.43. The molecule has 0 saturated heterocycles. The second kappa shape index (κ2) is 5.72. The Morgan fingerprint density at radius 1 is 1.28 bits per heavy atom. The summed E-state index contributed by atoms with van der Waals surface area (Å²) in [5.74, 6) is -0.722. The minimum Gasteiger partial charge on any atom is -0.481 e. The van der Waals surface area contributed by atoms with Crippen molar-refractivity contribution in [3.05, 3.63) is 0 Å². The summed E-state index contributed by atoms with van der Waals surface area (Å²) in [6.07, 6.45) is 4.45. The van der Waals surface area contributed by atoms with Crippen molar-refractivity contribution >= 4 is 11.9 Å². The third-order valence-corrected chi connectivity index (χ3v) is 3.70. The van der Waals surface area contributed by atoms with E-state index in [1.54, 1.807) is 0 Å². The van der Waals surface area contributed by atoms with Crippen molar-refractivity contribution < 1.29 is 14.7 Å². The topological polar surface area (TPSA) is 66.4 Å². The second-order valence-corrected chi connectivity index (χ2v) is 6.76. The summed E-state index contributed by atoms with van der Waals surface area (Å²) < 4.78 is 0. The highest BCUT2D eigenvalue weighted by Crippen LogP contribution is 2.43. The lowest BCUT2D eigenvalue weighted by atomic mass is 9.66. The SMILES string of the molecule is CC(C)(C)CCC(=O)NCC1(CC(=O)O)CCC1. The van der Waals surface area contributed by atoms with E-state index in [-0.39, 0.29) is 23.2 Å². The van der Waals surface area contributed by atoms with Gasteiger partial charge in [-0.25, -0.2) is 0 Å². The maximum atomic E-state index is 11.7. The van der Waals surface area contributed by atoms with Crippen LogP contribution in [0.15, 0.2) is 0 Å². The lowest BCUT2D eigenvalue weighted by Gasteiger charge is -2.40. The molecule has 4 heteroatoms. The van der Waals surface area contributed by atoms with Gasteiger partial charge in [0.15, 0.2) is 0 Å². The van der Waals surface area contributed by atoms with Gasteiger partial charge in [-0.2, -0.15) is 0 Å². The van der Waals surface area contributed by atoms with Crippen molar-refractivity contribution in [2.24, 2.45) is 10.8 Å². The number of aliphatic carboxylic acids is 1. The standard InChI is InChI=1S/C14H25NO3/c1-13(2,3)8-5-11(16)15-10-14(6-4-7-14)9-12(17)18/h4-10H2,1-3H3,(H,15,16)(H,17,18). The molecular weight excluding hydrogens is 230 g/mol. The molecule has 4 nitrogen and oxygen atoms in total. The van der Waals surface area contributed by atoms with Crippen LogP contribution in [0.25, 0.3) is 0 Å². The molecule has 0 unspecified atom stereocenters. The van der Waals surface area contributed by atoms with Crippen LogP contribution in [0, 0.1) is 10.8 Å². The van der Waals surface area contributed by atoms with Gasteiger partial charge in [-0.15, -0.1) is 0 Å². The molecule has 1 aliphatic rings. The van der Waals surface area contributed by atoms with Gasteiger partial charge >= 0.3 is 5.97 Å². The van der Waals surface area contributed by atoms with Crippen molar-refractivity contribution in [2.75, 3.05) is 6.54 Å². The maximum absolute atomic E-state index is 11.7. The summed E-state index contributed by atoms with van der Waals surface area (Å²) in [4.78, 5) is 22.5. The lowest BCUT2D eigenvalue weighted by molar-refractivity contribution is -0.141. The predicted octanol–water partition coefficient (Wildman–Crippen LogP) is 2.57. The van der Waals surface area contributed by atoms with E-state index < -0.39 is 5.97 Å². The molecule has 0 bridgehead atoms. The zero-order valence-corrected chi connectivity index (χ0v) is 11.7. The van der Waals surface area contributed by atoms with Gasteiger partial charge in [-0.1, -0.05) is 27.2 Å². The Morgan fingerprint density at radius 3 is 2.28 bits per heavy atom. The van der Waals surface area contributed by atoms with Crippen molar-refractivity contribution in [3.63, 3.8) is 0 Å². The summed E-state index contributed by atoms with van der Waals surface area (Å²) in [6, 6.07) is 0. The highest BCUT2D eigenvalue weighted by molar-refractivity contribution is 5.76. The minimum absolute atomic E-state index is 0.0431. The fraction of sp³-hybridized carbons (Fsp3) is 0.857. The molecule has 0 spiro atoms. The Balaban J connectivity index is 2.30.